The van der Waals surface area contributed by atoms with Crippen LogP contribution in [0.2, 0.25) is 0 Å². The monoisotopic (exact) mass is 287 g/mol. The number of para-hydroxylation sites is 1. The van der Waals surface area contributed by atoms with Gasteiger partial charge in [0, 0.05) is 16.5 Å². The number of nitrogens with two attached hydrogens (primary N) is 1. The van der Waals surface area contributed by atoms with Gasteiger partial charge < -0.3 is 15.2 Å². The number of benzene rings is 2. The molecule has 0 bridgehead atoms. The fourth-order valence-corrected chi connectivity index (χ4v) is 3.44. The van der Waals surface area contributed by atoms with Crippen LogP contribution in [0.4, 0.5) is 0 Å². The van der Waals surface area contributed by atoms with E-state index in [1.165, 1.54) is 0 Å². The predicted molar refractivity (Wildman–Crippen MR) is 81.5 cm³/mol. The molecule has 0 saturated carbocycles. The second-order valence-corrected chi connectivity index (χ2v) is 6.02. The summed E-state index contributed by atoms with van der Waals surface area (Å²) in [6, 6.07) is 16.0. The Morgan fingerprint density at radius 3 is 2.90 bits per heavy atom. The maximum absolute atomic E-state index is 6.38. The van der Waals surface area contributed by atoms with Crippen molar-refractivity contribution >= 4 is 11.8 Å². The summed E-state index contributed by atoms with van der Waals surface area (Å²) in [6.07, 6.45) is 0. The first-order valence-electron chi connectivity index (χ1n) is 6.56. The minimum Gasteiger partial charge on any atom is -0.497 e. The number of methoxy groups -OCH3 is 1. The predicted octanol–water partition coefficient (Wildman–Crippen LogP) is 3.25. The summed E-state index contributed by atoms with van der Waals surface area (Å²) in [6.45, 7) is 0.625. The van der Waals surface area contributed by atoms with Crippen LogP contribution in [-0.4, -0.2) is 19.0 Å². The lowest BCUT2D eigenvalue weighted by Gasteiger charge is -2.30. The molecule has 0 aromatic heterocycles. The van der Waals surface area contributed by atoms with Gasteiger partial charge in [0.15, 0.2) is 0 Å². The Balaban J connectivity index is 1.79. The molecule has 4 heteroatoms. The van der Waals surface area contributed by atoms with E-state index < -0.39 is 0 Å². The highest BCUT2D eigenvalue weighted by molar-refractivity contribution is 8.00. The van der Waals surface area contributed by atoms with Gasteiger partial charge in [-0.05, 0) is 24.3 Å². The summed E-state index contributed by atoms with van der Waals surface area (Å²) in [4.78, 5) is 1.15. The molecule has 2 aromatic carbocycles. The zero-order valence-electron chi connectivity index (χ0n) is 11.3. The van der Waals surface area contributed by atoms with E-state index >= 15 is 0 Å². The molecule has 20 heavy (non-hydrogen) atoms. The lowest BCUT2D eigenvalue weighted by atomic mass is 10.0. The second kappa shape index (κ2) is 5.77. The van der Waals surface area contributed by atoms with Crippen LogP contribution in [0.1, 0.15) is 11.6 Å². The third-order valence-electron chi connectivity index (χ3n) is 3.41. The number of rotatable bonds is 3. The highest BCUT2D eigenvalue weighted by Crippen LogP contribution is 2.39. The van der Waals surface area contributed by atoms with E-state index in [4.69, 9.17) is 15.2 Å². The van der Waals surface area contributed by atoms with E-state index in [0.717, 1.165) is 22.0 Å². The largest absolute Gasteiger partial charge is 0.497 e. The summed E-state index contributed by atoms with van der Waals surface area (Å²) >= 11 is 1.74. The number of hydrogen-bond donors (Lipinski definition) is 1. The van der Waals surface area contributed by atoms with Gasteiger partial charge >= 0.3 is 0 Å². The molecule has 1 aliphatic rings. The Labute approximate surface area is 123 Å². The third-order valence-corrected chi connectivity index (χ3v) is 4.67. The zero-order chi connectivity index (χ0) is 13.9. The minimum atomic E-state index is -0.0175. The molecule has 0 radical (unpaired) electrons. The van der Waals surface area contributed by atoms with Crippen LogP contribution in [-0.2, 0) is 0 Å². The second-order valence-electron chi connectivity index (χ2n) is 4.71. The molecular weight excluding hydrogens is 270 g/mol. The summed E-state index contributed by atoms with van der Waals surface area (Å²) < 4.78 is 11.1. The van der Waals surface area contributed by atoms with Crippen LogP contribution in [0.15, 0.2) is 53.4 Å². The van der Waals surface area contributed by atoms with Gasteiger partial charge in [-0.2, -0.15) is 0 Å². The zero-order valence-corrected chi connectivity index (χ0v) is 12.1. The third kappa shape index (κ3) is 2.62. The molecule has 2 atom stereocenters. The minimum absolute atomic E-state index is 0.0175. The molecule has 2 unspecified atom stereocenters. The molecule has 0 aliphatic carbocycles. The number of thioether (sulfide) groups is 1. The number of ether oxygens (including phenoxy) is 2. The highest BCUT2D eigenvalue weighted by Gasteiger charge is 2.28. The van der Waals surface area contributed by atoms with E-state index in [0.29, 0.717) is 6.61 Å². The lowest BCUT2D eigenvalue weighted by Crippen LogP contribution is -2.33. The van der Waals surface area contributed by atoms with Gasteiger partial charge in [-0.15, -0.1) is 11.8 Å². The van der Waals surface area contributed by atoms with Crippen LogP contribution >= 0.6 is 11.8 Å². The first-order valence-corrected chi connectivity index (χ1v) is 7.44. The SMILES string of the molecule is COc1cccc(SC2COc3ccccc3C2N)c1. The van der Waals surface area contributed by atoms with Gasteiger partial charge in [0.2, 0.25) is 0 Å². The Hall–Kier alpha value is -1.65. The van der Waals surface area contributed by atoms with Crippen LogP contribution in [0.25, 0.3) is 0 Å². The van der Waals surface area contributed by atoms with Crippen molar-refractivity contribution < 1.29 is 9.47 Å². The van der Waals surface area contributed by atoms with Crippen LogP contribution in [0, 0.1) is 0 Å². The smallest absolute Gasteiger partial charge is 0.124 e. The van der Waals surface area contributed by atoms with Gasteiger partial charge in [0.1, 0.15) is 18.1 Å². The van der Waals surface area contributed by atoms with Gasteiger partial charge in [-0.3, -0.25) is 0 Å². The topological polar surface area (TPSA) is 44.5 Å². The van der Waals surface area contributed by atoms with E-state index in [9.17, 15) is 0 Å². The maximum Gasteiger partial charge on any atom is 0.124 e. The molecule has 0 spiro atoms. The summed E-state index contributed by atoms with van der Waals surface area (Å²) in [5, 5.41) is 0.206. The molecule has 0 amide bonds. The maximum atomic E-state index is 6.38. The van der Waals surface area contributed by atoms with Gasteiger partial charge in [-0.25, -0.2) is 0 Å². The Bertz CT molecular complexity index is 603. The molecule has 0 fully saturated rings. The van der Waals surface area contributed by atoms with E-state index in [-0.39, 0.29) is 11.3 Å². The highest BCUT2D eigenvalue weighted by atomic mass is 32.2. The molecule has 3 rings (SSSR count). The average molecular weight is 287 g/mol. The normalized spacial score (nSPS) is 20.9. The van der Waals surface area contributed by atoms with Crippen molar-refractivity contribution in [1.82, 2.24) is 0 Å². The van der Waals surface area contributed by atoms with E-state index in [2.05, 4.69) is 6.07 Å². The van der Waals surface area contributed by atoms with Crippen molar-refractivity contribution in [3.63, 3.8) is 0 Å². The number of hydrogen-bond acceptors (Lipinski definition) is 4. The van der Waals surface area contributed by atoms with Crippen molar-refractivity contribution in [3.8, 4) is 11.5 Å². The molecular formula is C16H17NO2S. The van der Waals surface area contributed by atoms with Crippen molar-refractivity contribution in [3.05, 3.63) is 54.1 Å². The van der Waals surface area contributed by atoms with Gasteiger partial charge in [0.25, 0.3) is 0 Å². The molecule has 1 heterocycles. The molecule has 0 saturated heterocycles. The quantitative estimate of drug-likeness (QED) is 0.941. The Morgan fingerprint density at radius 2 is 2.05 bits per heavy atom. The summed E-state index contributed by atoms with van der Waals surface area (Å²) in [5.41, 5.74) is 7.46. The molecule has 3 nitrogen and oxygen atoms in total. The first-order chi connectivity index (χ1) is 9.78. The lowest BCUT2D eigenvalue weighted by molar-refractivity contribution is 0.276. The summed E-state index contributed by atoms with van der Waals surface area (Å²) in [7, 11) is 1.68. The van der Waals surface area contributed by atoms with Gasteiger partial charge in [-0.1, -0.05) is 24.3 Å². The van der Waals surface area contributed by atoms with Gasteiger partial charge in [0.05, 0.1) is 12.4 Å². The molecule has 104 valence electrons. The van der Waals surface area contributed by atoms with Crippen molar-refractivity contribution in [2.45, 2.75) is 16.2 Å². The van der Waals surface area contributed by atoms with Crippen molar-refractivity contribution in [2.75, 3.05) is 13.7 Å². The van der Waals surface area contributed by atoms with Crippen molar-refractivity contribution in [2.24, 2.45) is 5.73 Å². The molecule has 2 N–H and O–H groups in total. The summed E-state index contributed by atoms with van der Waals surface area (Å²) in [5.74, 6) is 1.77. The average Bonchev–Trinajstić information content (AvgIpc) is 2.50. The van der Waals surface area contributed by atoms with Crippen LogP contribution in [0.3, 0.4) is 0 Å². The standard InChI is InChI=1S/C16H17NO2S/c1-18-11-5-4-6-12(9-11)20-15-10-19-14-8-3-2-7-13(14)16(15)17/h2-9,15-16H,10,17H2,1H3. The fraction of sp³-hybridized carbons (Fsp3) is 0.250. The van der Waals surface area contributed by atoms with E-state index in [1.54, 1.807) is 18.9 Å². The molecule has 1 aliphatic heterocycles. The van der Waals surface area contributed by atoms with Crippen LogP contribution in [0.5, 0.6) is 11.5 Å². The van der Waals surface area contributed by atoms with Crippen molar-refractivity contribution in [1.29, 1.82) is 0 Å². The van der Waals surface area contributed by atoms with Crippen LogP contribution < -0.4 is 15.2 Å². The fourth-order valence-electron chi connectivity index (χ4n) is 2.32. The molecule has 2 aromatic rings. The van der Waals surface area contributed by atoms with E-state index in [1.807, 2.05) is 42.5 Å². The Morgan fingerprint density at radius 1 is 1.20 bits per heavy atom. The first kappa shape index (κ1) is 13.3. The number of fused-ring (bicyclic) bond motifs is 1. The Kier molecular flexibility index (Phi) is 3.85.